The number of benzene rings is 1. The fraction of sp³-hybridized carbons (Fsp3) is 0.235. The highest BCUT2D eigenvalue weighted by Crippen LogP contribution is 2.20. The smallest absolute Gasteiger partial charge is 0.316 e. The first-order valence-electron chi connectivity index (χ1n) is 7.48. The summed E-state index contributed by atoms with van der Waals surface area (Å²) in [6.45, 7) is 2.11. The van der Waals surface area contributed by atoms with E-state index in [4.69, 9.17) is 8.94 Å². The van der Waals surface area contributed by atoms with Gasteiger partial charge in [-0.3, -0.25) is 4.79 Å². The zero-order chi connectivity index (χ0) is 17.1. The molecule has 7 nitrogen and oxygen atoms in total. The molecule has 0 unspecified atom stereocenters. The molecule has 0 aliphatic carbocycles. The summed E-state index contributed by atoms with van der Waals surface area (Å²) < 4.78 is 10.4. The molecule has 0 radical (unpaired) electrons. The maximum Gasteiger partial charge on any atom is 0.316 e. The second-order valence-electron chi connectivity index (χ2n) is 5.56. The lowest BCUT2D eigenvalue weighted by molar-refractivity contribution is 0.0904. The first kappa shape index (κ1) is 15.8. The summed E-state index contributed by atoms with van der Waals surface area (Å²) in [6.07, 6.45) is 0. The molecule has 3 aromatic rings. The number of amides is 1. The van der Waals surface area contributed by atoms with E-state index in [0.717, 1.165) is 17.0 Å². The van der Waals surface area contributed by atoms with E-state index in [2.05, 4.69) is 15.5 Å². The zero-order valence-electron chi connectivity index (χ0n) is 13.7. The Morgan fingerprint density at radius 3 is 2.54 bits per heavy atom. The van der Waals surface area contributed by atoms with Gasteiger partial charge in [0.25, 0.3) is 0 Å². The molecule has 3 rings (SSSR count). The number of aryl methyl sites for hydroxylation is 1. The molecule has 0 saturated carbocycles. The van der Waals surface area contributed by atoms with Crippen molar-refractivity contribution in [2.24, 2.45) is 0 Å². The molecule has 124 valence electrons. The first-order chi connectivity index (χ1) is 11.5. The van der Waals surface area contributed by atoms with E-state index >= 15 is 0 Å². The van der Waals surface area contributed by atoms with Gasteiger partial charge < -0.3 is 19.2 Å². The standard InChI is InChI=1S/C17H18N4O3/c1-11-4-9-14(23-11)10-18-16(22)17-19-15(20-24-17)12-5-7-13(8-6-12)21(2)3/h4-9H,10H2,1-3H3,(H,18,22). The lowest BCUT2D eigenvalue weighted by Crippen LogP contribution is -2.22. The average molecular weight is 326 g/mol. The predicted molar refractivity (Wildman–Crippen MR) is 88.7 cm³/mol. The van der Waals surface area contributed by atoms with E-state index in [9.17, 15) is 4.79 Å². The largest absolute Gasteiger partial charge is 0.465 e. The second-order valence-corrected chi connectivity index (χ2v) is 5.56. The number of furan rings is 1. The molecule has 24 heavy (non-hydrogen) atoms. The van der Waals surface area contributed by atoms with Crippen LogP contribution in [0.25, 0.3) is 11.4 Å². The number of hydrogen-bond donors (Lipinski definition) is 1. The Labute approximate surface area is 139 Å². The summed E-state index contributed by atoms with van der Waals surface area (Å²) in [4.78, 5) is 18.2. The number of hydrogen-bond acceptors (Lipinski definition) is 6. The van der Waals surface area contributed by atoms with Gasteiger partial charge in [-0.05, 0) is 43.3 Å². The monoisotopic (exact) mass is 326 g/mol. The Bertz CT molecular complexity index is 834. The van der Waals surface area contributed by atoms with Crippen LogP contribution in [0.4, 0.5) is 5.69 Å². The van der Waals surface area contributed by atoms with Gasteiger partial charge in [-0.2, -0.15) is 4.98 Å². The molecule has 1 amide bonds. The maximum absolute atomic E-state index is 12.1. The molecular formula is C17H18N4O3. The number of anilines is 1. The lowest BCUT2D eigenvalue weighted by Gasteiger charge is -2.11. The molecule has 0 spiro atoms. The van der Waals surface area contributed by atoms with Crippen molar-refractivity contribution in [3.63, 3.8) is 0 Å². The van der Waals surface area contributed by atoms with Crippen LogP contribution in [0.3, 0.4) is 0 Å². The first-order valence-corrected chi connectivity index (χ1v) is 7.48. The van der Waals surface area contributed by atoms with Crippen molar-refractivity contribution in [2.75, 3.05) is 19.0 Å². The van der Waals surface area contributed by atoms with Gasteiger partial charge in [-0.1, -0.05) is 5.16 Å². The SMILES string of the molecule is Cc1ccc(CNC(=O)c2nc(-c3ccc(N(C)C)cc3)no2)o1. The van der Waals surface area contributed by atoms with Gasteiger partial charge in [0, 0.05) is 25.3 Å². The molecule has 1 aromatic carbocycles. The Balaban J connectivity index is 1.67. The Kier molecular flexibility index (Phi) is 4.33. The Morgan fingerprint density at radius 1 is 1.17 bits per heavy atom. The van der Waals surface area contributed by atoms with E-state index in [0.29, 0.717) is 11.6 Å². The van der Waals surface area contributed by atoms with E-state index in [1.807, 2.05) is 56.3 Å². The highest BCUT2D eigenvalue weighted by atomic mass is 16.5. The van der Waals surface area contributed by atoms with Gasteiger partial charge in [0.15, 0.2) is 0 Å². The zero-order valence-corrected chi connectivity index (χ0v) is 13.7. The topological polar surface area (TPSA) is 84.4 Å². The van der Waals surface area contributed by atoms with Gasteiger partial charge in [-0.25, -0.2) is 0 Å². The van der Waals surface area contributed by atoms with Crippen molar-refractivity contribution in [2.45, 2.75) is 13.5 Å². The fourth-order valence-corrected chi connectivity index (χ4v) is 2.16. The lowest BCUT2D eigenvalue weighted by atomic mass is 10.2. The van der Waals surface area contributed by atoms with Gasteiger partial charge in [-0.15, -0.1) is 0 Å². The number of carbonyl (C=O) groups is 1. The molecule has 0 aliphatic rings. The minimum Gasteiger partial charge on any atom is -0.465 e. The molecule has 1 N–H and O–H groups in total. The quantitative estimate of drug-likeness (QED) is 0.776. The summed E-state index contributed by atoms with van der Waals surface area (Å²) in [7, 11) is 3.93. The minimum atomic E-state index is -0.437. The van der Waals surface area contributed by atoms with Crippen LogP contribution in [0.15, 0.2) is 45.3 Å². The fourth-order valence-electron chi connectivity index (χ4n) is 2.16. The molecule has 0 bridgehead atoms. The van der Waals surface area contributed by atoms with E-state index in [-0.39, 0.29) is 12.4 Å². The summed E-state index contributed by atoms with van der Waals surface area (Å²) in [6, 6.07) is 11.3. The summed E-state index contributed by atoms with van der Waals surface area (Å²) in [5, 5.41) is 6.54. The van der Waals surface area contributed by atoms with Crippen molar-refractivity contribution < 1.29 is 13.7 Å². The van der Waals surface area contributed by atoms with Gasteiger partial charge in [0.2, 0.25) is 5.82 Å². The number of nitrogens with zero attached hydrogens (tertiary/aromatic N) is 3. The maximum atomic E-state index is 12.1. The number of aromatic nitrogens is 2. The van der Waals surface area contributed by atoms with Crippen molar-refractivity contribution >= 4 is 11.6 Å². The molecule has 0 aliphatic heterocycles. The van der Waals surface area contributed by atoms with E-state index in [1.165, 1.54) is 0 Å². The summed E-state index contributed by atoms with van der Waals surface area (Å²) >= 11 is 0. The van der Waals surface area contributed by atoms with Crippen molar-refractivity contribution in [1.29, 1.82) is 0 Å². The van der Waals surface area contributed by atoms with Crippen LogP contribution in [-0.2, 0) is 6.54 Å². The van der Waals surface area contributed by atoms with Crippen molar-refractivity contribution in [3.05, 3.63) is 53.8 Å². The minimum absolute atomic E-state index is 0.0787. The normalized spacial score (nSPS) is 10.6. The van der Waals surface area contributed by atoms with Crippen LogP contribution in [0.2, 0.25) is 0 Å². The van der Waals surface area contributed by atoms with E-state index < -0.39 is 5.91 Å². The predicted octanol–water partition coefficient (Wildman–Crippen LogP) is 2.63. The molecule has 0 saturated heterocycles. The molecule has 7 heteroatoms. The molecule has 2 aromatic heterocycles. The van der Waals surface area contributed by atoms with Crippen LogP contribution >= 0.6 is 0 Å². The van der Waals surface area contributed by atoms with Gasteiger partial charge in [0.05, 0.1) is 6.54 Å². The van der Waals surface area contributed by atoms with Crippen LogP contribution in [0, 0.1) is 6.92 Å². The Morgan fingerprint density at radius 2 is 1.92 bits per heavy atom. The third-order valence-electron chi connectivity index (χ3n) is 3.48. The highest BCUT2D eigenvalue weighted by Gasteiger charge is 2.16. The molecule has 2 heterocycles. The number of nitrogens with one attached hydrogen (secondary N) is 1. The number of rotatable bonds is 5. The third-order valence-corrected chi connectivity index (χ3v) is 3.48. The van der Waals surface area contributed by atoms with Gasteiger partial charge >= 0.3 is 11.8 Å². The van der Waals surface area contributed by atoms with Crippen LogP contribution in [0.5, 0.6) is 0 Å². The molecule has 0 atom stereocenters. The molecule has 0 fully saturated rings. The van der Waals surface area contributed by atoms with Crippen LogP contribution in [-0.4, -0.2) is 30.1 Å². The third kappa shape index (κ3) is 3.45. The van der Waals surface area contributed by atoms with Crippen LogP contribution < -0.4 is 10.2 Å². The second kappa shape index (κ2) is 6.57. The van der Waals surface area contributed by atoms with Crippen molar-refractivity contribution in [3.8, 4) is 11.4 Å². The highest BCUT2D eigenvalue weighted by molar-refractivity contribution is 5.89. The average Bonchev–Trinajstić information content (AvgIpc) is 3.22. The summed E-state index contributed by atoms with van der Waals surface area (Å²) in [5.74, 6) is 1.32. The van der Waals surface area contributed by atoms with Crippen LogP contribution in [0.1, 0.15) is 22.2 Å². The Hall–Kier alpha value is -3.09. The van der Waals surface area contributed by atoms with Gasteiger partial charge in [0.1, 0.15) is 11.5 Å². The molecular weight excluding hydrogens is 308 g/mol. The van der Waals surface area contributed by atoms with E-state index in [1.54, 1.807) is 6.07 Å². The number of carbonyl (C=O) groups excluding carboxylic acids is 1. The van der Waals surface area contributed by atoms with Crippen molar-refractivity contribution in [1.82, 2.24) is 15.5 Å². The summed E-state index contributed by atoms with van der Waals surface area (Å²) in [5.41, 5.74) is 1.85.